The molecule has 0 atom stereocenters. The molecule has 13 aromatic rings. The third kappa shape index (κ3) is 6.57. The zero-order chi connectivity index (χ0) is 45.0. The van der Waals surface area contributed by atoms with Crippen molar-refractivity contribution in [1.29, 1.82) is 0 Å². The van der Waals surface area contributed by atoms with Crippen LogP contribution in [-0.2, 0) is 0 Å². The van der Waals surface area contributed by atoms with Gasteiger partial charge in [0.15, 0.2) is 0 Å². The summed E-state index contributed by atoms with van der Waals surface area (Å²) in [4.78, 5) is 2.45. The standard InChI is InChI=1S/C66H44N2/c1-4-20-45(21-5-1)53-31-14-16-35-61(53)67(52-39-41-58-57-33-15-17-36-63(57)68(64(58)44-52)62-37-19-27-46-22-10-11-30-54(46)62)51-29-18-28-49(42-51)50-38-40-56-55-32-12-13-34-59(55)65(47-23-6-2-7-24-47)66(60(56)43-50)48-25-8-3-9-26-48/h1-44H. The molecule has 1 aromatic heterocycles. The highest BCUT2D eigenvalue weighted by Crippen LogP contribution is 2.47. The van der Waals surface area contributed by atoms with Gasteiger partial charge in [-0.2, -0.15) is 0 Å². The van der Waals surface area contributed by atoms with Gasteiger partial charge in [0.1, 0.15) is 0 Å². The highest BCUT2D eigenvalue weighted by molar-refractivity contribution is 6.22. The summed E-state index contributed by atoms with van der Waals surface area (Å²) < 4.78 is 2.46. The number of aromatic nitrogens is 1. The number of hydrogen-bond donors (Lipinski definition) is 0. The molecule has 2 heteroatoms. The second-order valence-electron chi connectivity index (χ2n) is 17.6. The number of rotatable bonds is 8. The smallest absolute Gasteiger partial charge is 0.0562 e. The summed E-state index contributed by atoms with van der Waals surface area (Å²) in [6.45, 7) is 0. The molecular formula is C66H44N2. The van der Waals surface area contributed by atoms with Gasteiger partial charge in [-0.25, -0.2) is 0 Å². The van der Waals surface area contributed by atoms with E-state index in [4.69, 9.17) is 0 Å². The largest absolute Gasteiger partial charge is 0.310 e. The molecule has 0 unspecified atom stereocenters. The Morgan fingerprint density at radius 3 is 1.56 bits per heavy atom. The van der Waals surface area contributed by atoms with E-state index in [0.717, 1.165) is 39.3 Å². The lowest BCUT2D eigenvalue weighted by molar-refractivity contribution is 1.19. The molecule has 0 aliphatic heterocycles. The third-order valence-electron chi connectivity index (χ3n) is 13.7. The van der Waals surface area contributed by atoms with E-state index in [-0.39, 0.29) is 0 Å². The first-order valence-electron chi connectivity index (χ1n) is 23.4. The molecule has 0 aliphatic rings. The Balaban J connectivity index is 1.05. The van der Waals surface area contributed by atoms with Crippen LogP contribution in [0.3, 0.4) is 0 Å². The van der Waals surface area contributed by atoms with Gasteiger partial charge in [0.2, 0.25) is 0 Å². The summed E-state index contributed by atoms with van der Waals surface area (Å²) in [5.41, 5.74) is 16.3. The number of para-hydroxylation sites is 2. The summed E-state index contributed by atoms with van der Waals surface area (Å²) in [6, 6.07) is 97.6. The number of benzene rings is 12. The third-order valence-corrected chi connectivity index (χ3v) is 13.7. The van der Waals surface area contributed by atoms with Gasteiger partial charge >= 0.3 is 0 Å². The molecule has 0 fully saturated rings. The van der Waals surface area contributed by atoms with E-state index in [1.807, 2.05) is 0 Å². The lowest BCUT2D eigenvalue weighted by atomic mass is 9.84. The normalized spacial score (nSPS) is 11.5. The van der Waals surface area contributed by atoms with Crippen molar-refractivity contribution in [2.75, 3.05) is 4.90 Å². The first kappa shape index (κ1) is 39.4. The van der Waals surface area contributed by atoms with Crippen LogP contribution in [0.2, 0.25) is 0 Å². The molecule has 0 N–H and O–H groups in total. The number of nitrogens with zero attached hydrogens (tertiary/aromatic N) is 2. The van der Waals surface area contributed by atoms with Gasteiger partial charge in [-0.1, -0.05) is 218 Å². The fraction of sp³-hybridized carbons (Fsp3) is 0. The molecule has 68 heavy (non-hydrogen) atoms. The van der Waals surface area contributed by atoms with Crippen LogP contribution in [0.25, 0.3) is 104 Å². The summed E-state index contributed by atoms with van der Waals surface area (Å²) in [5.74, 6) is 0. The molecule has 1 heterocycles. The van der Waals surface area contributed by atoms with Crippen LogP contribution in [-0.4, -0.2) is 4.57 Å². The Kier molecular flexibility index (Phi) is 9.54. The van der Waals surface area contributed by atoms with Gasteiger partial charge in [0, 0.05) is 33.1 Å². The SMILES string of the molecule is c1ccc(-c2ccccc2N(c2cccc(-c3ccc4c(c3)c(-c3ccccc3)c(-c3ccccc3)c3ccccc34)c2)c2ccc3c4ccccc4n(-c4cccc5ccccc45)c3c2)cc1. The molecule has 13 rings (SSSR count). The summed E-state index contributed by atoms with van der Waals surface area (Å²) in [5, 5.41) is 9.87. The molecule has 12 aromatic carbocycles. The van der Waals surface area contributed by atoms with E-state index in [1.54, 1.807) is 0 Å². The van der Waals surface area contributed by atoms with E-state index in [0.29, 0.717) is 0 Å². The molecule has 0 aliphatic carbocycles. The van der Waals surface area contributed by atoms with Gasteiger partial charge in [-0.15, -0.1) is 0 Å². The van der Waals surface area contributed by atoms with Gasteiger partial charge < -0.3 is 9.47 Å². The van der Waals surface area contributed by atoms with Crippen LogP contribution < -0.4 is 4.90 Å². The Morgan fingerprint density at radius 1 is 0.265 bits per heavy atom. The second-order valence-corrected chi connectivity index (χ2v) is 17.6. The van der Waals surface area contributed by atoms with Crippen LogP contribution in [0.5, 0.6) is 0 Å². The van der Waals surface area contributed by atoms with Gasteiger partial charge in [0.05, 0.1) is 22.4 Å². The number of anilines is 3. The quantitative estimate of drug-likeness (QED) is 0.138. The van der Waals surface area contributed by atoms with Gasteiger partial charge in [-0.3, -0.25) is 0 Å². The first-order valence-corrected chi connectivity index (χ1v) is 23.4. The first-order chi connectivity index (χ1) is 33.8. The van der Waals surface area contributed by atoms with Crippen molar-refractivity contribution in [2.24, 2.45) is 0 Å². The van der Waals surface area contributed by atoms with Crippen molar-refractivity contribution in [3.63, 3.8) is 0 Å². The predicted molar refractivity (Wildman–Crippen MR) is 290 cm³/mol. The Morgan fingerprint density at radius 2 is 0.779 bits per heavy atom. The van der Waals surface area contributed by atoms with Crippen molar-refractivity contribution < 1.29 is 0 Å². The highest BCUT2D eigenvalue weighted by atomic mass is 15.1. The fourth-order valence-electron chi connectivity index (χ4n) is 10.7. The maximum absolute atomic E-state index is 2.46. The maximum Gasteiger partial charge on any atom is 0.0562 e. The van der Waals surface area contributed by atoms with E-state index in [1.165, 1.54) is 82.1 Å². The van der Waals surface area contributed by atoms with E-state index in [2.05, 4.69) is 276 Å². The van der Waals surface area contributed by atoms with E-state index >= 15 is 0 Å². The van der Waals surface area contributed by atoms with Crippen LogP contribution in [0.4, 0.5) is 17.1 Å². The topological polar surface area (TPSA) is 8.17 Å². The lowest BCUT2D eigenvalue weighted by Gasteiger charge is -2.28. The van der Waals surface area contributed by atoms with Gasteiger partial charge in [0.25, 0.3) is 0 Å². The lowest BCUT2D eigenvalue weighted by Crippen LogP contribution is -2.11. The Labute approximate surface area is 395 Å². The Hall–Kier alpha value is -8.98. The van der Waals surface area contributed by atoms with Crippen LogP contribution >= 0.6 is 0 Å². The summed E-state index contributed by atoms with van der Waals surface area (Å²) >= 11 is 0. The second kappa shape index (κ2) is 16.5. The van der Waals surface area contributed by atoms with Crippen molar-refractivity contribution in [2.45, 2.75) is 0 Å². The fourth-order valence-corrected chi connectivity index (χ4v) is 10.7. The average Bonchev–Trinajstić information content (AvgIpc) is 3.74. The van der Waals surface area contributed by atoms with E-state index < -0.39 is 0 Å². The van der Waals surface area contributed by atoms with Crippen LogP contribution in [0.15, 0.2) is 267 Å². The van der Waals surface area contributed by atoms with Crippen molar-refractivity contribution >= 4 is 71.2 Å². The molecule has 0 saturated carbocycles. The predicted octanol–water partition coefficient (Wildman–Crippen LogP) is 18.4. The maximum atomic E-state index is 2.46. The number of hydrogen-bond acceptors (Lipinski definition) is 1. The molecule has 0 radical (unpaired) electrons. The van der Waals surface area contributed by atoms with Gasteiger partial charge in [-0.05, 0) is 114 Å². The average molecular weight is 865 g/mol. The molecule has 0 saturated heterocycles. The Bertz CT molecular complexity index is 4010. The molecule has 318 valence electrons. The molecule has 0 spiro atoms. The monoisotopic (exact) mass is 864 g/mol. The van der Waals surface area contributed by atoms with Crippen molar-refractivity contribution in [1.82, 2.24) is 4.57 Å². The van der Waals surface area contributed by atoms with Crippen molar-refractivity contribution in [3.8, 4) is 50.2 Å². The van der Waals surface area contributed by atoms with Crippen LogP contribution in [0.1, 0.15) is 0 Å². The zero-order valence-corrected chi connectivity index (χ0v) is 37.3. The zero-order valence-electron chi connectivity index (χ0n) is 37.3. The van der Waals surface area contributed by atoms with Crippen molar-refractivity contribution in [3.05, 3.63) is 267 Å². The molecule has 0 bridgehead atoms. The van der Waals surface area contributed by atoms with E-state index in [9.17, 15) is 0 Å². The highest BCUT2D eigenvalue weighted by Gasteiger charge is 2.22. The summed E-state index contributed by atoms with van der Waals surface area (Å²) in [6.07, 6.45) is 0. The molecule has 2 nitrogen and oxygen atoms in total. The minimum absolute atomic E-state index is 1.07. The van der Waals surface area contributed by atoms with Crippen LogP contribution in [0, 0.1) is 0 Å². The summed E-state index contributed by atoms with van der Waals surface area (Å²) in [7, 11) is 0. The minimum atomic E-state index is 1.07. The minimum Gasteiger partial charge on any atom is -0.310 e. The molecule has 0 amide bonds. The molecular weight excluding hydrogens is 821 g/mol. The number of fused-ring (bicyclic) bond motifs is 7.